The van der Waals surface area contributed by atoms with E-state index < -0.39 is 0 Å². The molecule has 4 nitrogen and oxygen atoms in total. The smallest absolute Gasteiger partial charge is 0.122 e. The first-order chi connectivity index (χ1) is 9.20. The second-order valence-electron chi connectivity index (χ2n) is 5.58. The van der Waals surface area contributed by atoms with Gasteiger partial charge in [0, 0.05) is 37.8 Å². The third-order valence-electron chi connectivity index (χ3n) is 3.65. The summed E-state index contributed by atoms with van der Waals surface area (Å²) in [5.41, 5.74) is 1.29. The normalized spacial score (nSPS) is 15.6. The van der Waals surface area contributed by atoms with Crippen molar-refractivity contribution in [3.63, 3.8) is 0 Å². The van der Waals surface area contributed by atoms with E-state index in [9.17, 15) is 0 Å². The summed E-state index contributed by atoms with van der Waals surface area (Å²) in [4.78, 5) is 2.41. The Hall–Kier alpha value is -0.840. The van der Waals surface area contributed by atoms with Gasteiger partial charge in [-0.15, -0.1) is 0 Å². The van der Waals surface area contributed by atoms with Crippen LogP contribution in [0.1, 0.15) is 38.0 Å². The van der Waals surface area contributed by atoms with Gasteiger partial charge in [-0.3, -0.25) is 4.90 Å². The highest BCUT2D eigenvalue weighted by Crippen LogP contribution is 2.21. The molecule has 1 fully saturated rings. The third kappa shape index (κ3) is 4.64. The molecule has 1 saturated carbocycles. The van der Waals surface area contributed by atoms with E-state index in [4.69, 9.17) is 9.15 Å². The van der Waals surface area contributed by atoms with E-state index in [0.29, 0.717) is 12.1 Å². The van der Waals surface area contributed by atoms with Crippen LogP contribution in [0.25, 0.3) is 0 Å². The Bertz CT molecular complexity index is 372. The van der Waals surface area contributed by atoms with Crippen LogP contribution >= 0.6 is 0 Å². The van der Waals surface area contributed by atoms with E-state index in [0.717, 1.165) is 32.0 Å². The lowest BCUT2D eigenvalue weighted by atomic mass is 10.2. The van der Waals surface area contributed by atoms with Crippen molar-refractivity contribution < 1.29 is 9.15 Å². The predicted molar refractivity (Wildman–Crippen MR) is 76.0 cm³/mol. The molecule has 0 bridgehead atoms. The Morgan fingerprint density at radius 1 is 1.47 bits per heavy atom. The Morgan fingerprint density at radius 2 is 2.26 bits per heavy atom. The molecule has 0 unspecified atom stereocenters. The van der Waals surface area contributed by atoms with Crippen molar-refractivity contribution in [1.29, 1.82) is 0 Å². The molecule has 0 spiro atoms. The number of nitrogens with zero attached hydrogens (tertiary/aromatic N) is 1. The van der Waals surface area contributed by atoms with Crippen LogP contribution in [0, 0.1) is 0 Å². The summed E-state index contributed by atoms with van der Waals surface area (Å²) in [6, 6.07) is 3.31. The first-order valence-electron chi connectivity index (χ1n) is 7.22. The number of nitrogens with one attached hydrogen (secondary N) is 1. The number of methoxy groups -OCH3 is 1. The average Bonchev–Trinajstić information content (AvgIpc) is 3.11. The van der Waals surface area contributed by atoms with Gasteiger partial charge in [-0.2, -0.15) is 0 Å². The quantitative estimate of drug-likeness (QED) is 0.745. The van der Waals surface area contributed by atoms with Crippen LogP contribution in [0.15, 0.2) is 16.7 Å². The largest absolute Gasteiger partial charge is 0.468 e. The highest BCUT2D eigenvalue weighted by molar-refractivity contribution is 5.17. The molecule has 108 valence electrons. The molecule has 0 atom stereocenters. The highest BCUT2D eigenvalue weighted by atomic mass is 16.5. The Balaban J connectivity index is 1.89. The van der Waals surface area contributed by atoms with E-state index in [-0.39, 0.29) is 0 Å². The van der Waals surface area contributed by atoms with Gasteiger partial charge in [-0.05, 0) is 32.8 Å². The molecular weight excluding hydrogens is 240 g/mol. The third-order valence-corrected chi connectivity index (χ3v) is 3.65. The zero-order valence-electron chi connectivity index (χ0n) is 12.3. The molecule has 1 aliphatic rings. The van der Waals surface area contributed by atoms with Gasteiger partial charge in [0.05, 0.1) is 19.4 Å². The van der Waals surface area contributed by atoms with Crippen molar-refractivity contribution in [2.45, 2.75) is 51.9 Å². The maximum absolute atomic E-state index is 5.61. The van der Waals surface area contributed by atoms with Crippen molar-refractivity contribution in [2.75, 3.05) is 20.3 Å². The summed E-state index contributed by atoms with van der Waals surface area (Å²) in [7, 11) is 1.75. The maximum Gasteiger partial charge on any atom is 0.122 e. The van der Waals surface area contributed by atoms with Crippen LogP contribution < -0.4 is 5.32 Å². The van der Waals surface area contributed by atoms with Crippen molar-refractivity contribution in [2.24, 2.45) is 0 Å². The van der Waals surface area contributed by atoms with Gasteiger partial charge in [-0.25, -0.2) is 0 Å². The first kappa shape index (κ1) is 14.6. The monoisotopic (exact) mass is 266 g/mol. The fourth-order valence-corrected chi connectivity index (χ4v) is 2.13. The second kappa shape index (κ2) is 7.08. The Labute approximate surface area is 116 Å². The minimum Gasteiger partial charge on any atom is -0.468 e. The lowest BCUT2D eigenvalue weighted by Crippen LogP contribution is -2.33. The molecule has 1 aliphatic carbocycles. The standard InChI is InChI=1S/C15H26N2O2/c1-12(2)17(7-9-18-3)11-13-6-8-19-15(13)10-16-14-4-5-14/h6,8,12,14,16H,4-5,7,9-11H2,1-3H3. The molecule has 1 aromatic heterocycles. The van der Waals surface area contributed by atoms with Gasteiger partial charge in [0.15, 0.2) is 0 Å². The maximum atomic E-state index is 5.61. The molecule has 1 N–H and O–H groups in total. The molecule has 0 saturated heterocycles. The molecule has 1 aromatic rings. The van der Waals surface area contributed by atoms with Crippen molar-refractivity contribution >= 4 is 0 Å². The lowest BCUT2D eigenvalue weighted by Gasteiger charge is -2.26. The second-order valence-corrected chi connectivity index (χ2v) is 5.58. The van der Waals surface area contributed by atoms with E-state index in [1.807, 2.05) is 0 Å². The van der Waals surface area contributed by atoms with E-state index in [2.05, 4.69) is 30.1 Å². The van der Waals surface area contributed by atoms with Crippen LogP contribution in [-0.4, -0.2) is 37.2 Å². The molecule has 19 heavy (non-hydrogen) atoms. The van der Waals surface area contributed by atoms with Crippen LogP contribution in [0.4, 0.5) is 0 Å². The molecule has 0 aromatic carbocycles. The van der Waals surface area contributed by atoms with Gasteiger partial charge in [-0.1, -0.05) is 0 Å². The van der Waals surface area contributed by atoms with Gasteiger partial charge < -0.3 is 14.5 Å². The Morgan fingerprint density at radius 3 is 2.89 bits per heavy atom. The van der Waals surface area contributed by atoms with Crippen LogP contribution in [-0.2, 0) is 17.8 Å². The number of hydrogen-bond donors (Lipinski definition) is 1. The van der Waals surface area contributed by atoms with Crippen molar-refractivity contribution in [1.82, 2.24) is 10.2 Å². The summed E-state index contributed by atoms with van der Waals surface area (Å²) < 4.78 is 10.8. The van der Waals surface area contributed by atoms with E-state index in [1.54, 1.807) is 13.4 Å². The average molecular weight is 266 g/mol. The summed E-state index contributed by atoms with van der Waals surface area (Å²) in [5.74, 6) is 1.08. The molecule has 4 heteroatoms. The number of ether oxygens (including phenoxy) is 1. The summed E-state index contributed by atoms with van der Waals surface area (Å²) in [6.07, 6.45) is 4.41. The van der Waals surface area contributed by atoms with Gasteiger partial charge >= 0.3 is 0 Å². The van der Waals surface area contributed by atoms with Crippen LogP contribution in [0.2, 0.25) is 0 Å². The van der Waals surface area contributed by atoms with Crippen molar-refractivity contribution in [3.8, 4) is 0 Å². The van der Waals surface area contributed by atoms with Gasteiger partial charge in [0.2, 0.25) is 0 Å². The van der Waals surface area contributed by atoms with Gasteiger partial charge in [0.1, 0.15) is 5.76 Å². The van der Waals surface area contributed by atoms with Crippen molar-refractivity contribution in [3.05, 3.63) is 23.7 Å². The molecular formula is C15H26N2O2. The van der Waals surface area contributed by atoms with E-state index >= 15 is 0 Å². The highest BCUT2D eigenvalue weighted by Gasteiger charge is 2.21. The fourth-order valence-electron chi connectivity index (χ4n) is 2.13. The van der Waals surface area contributed by atoms with Crippen LogP contribution in [0.5, 0.6) is 0 Å². The van der Waals surface area contributed by atoms with Gasteiger partial charge in [0.25, 0.3) is 0 Å². The summed E-state index contributed by atoms with van der Waals surface area (Å²) >= 11 is 0. The molecule has 0 amide bonds. The predicted octanol–water partition coefficient (Wildman–Crippen LogP) is 2.39. The molecule has 2 rings (SSSR count). The first-order valence-corrected chi connectivity index (χ1v) is 7.22. The molecule has 0 aliphatic heterocycles. The molecule has 0 radical (unpaired) electrons. The summed E-state index contributed by atoms with van der Waals surface area (Å²) in [6.45, 7) is 7.94. The topological polar surface area (TPSA) is 37.6 Å². The number of rotatable bonds is 9. The minimum absolute atomic E-state index is 0.509. The van der Waals surface area contributed by atoms with Crippen LogP contribution in [0.3, 0.4) is 0 Å². The summed E-state index contributed by atoms with van der Waals surface area (Å²) in [5, 5.41) is 3.51. The minimum atomic E-state index is 0.509. The SMILES string of the molecule is COCCN(Cc1ccoc1CNC1CC1)C(C)C. The zero-order chi connectivity index (χ0) is 13.7. The van der Waals surface area contributed by atoms with E-state index in [1.165, 1.54) is 18.4 Å². The molecule has 1 heterocycles. The number of hydrogen-bond acceptors (Lipinski definition) is 4. The zero-order valence-corrected chi connectivity index (χ0v) is 12.3. The fraction of sp³-hybridized carbons (Fsp3) is 0.733. The number of furan rings is 1. The lowest BCUT2D eigenvalue weighted by molar-refractivity contribution is 0.124. The Kier molecular flexibility index (Phi) is 5.43.